The van der Waals surface area contributed by atoms with E-state index >= 15 is 0 Å². The van der Waals surface area contributed by atoms with Crippen LogP contribution in [0.5, 0.6) is 0 Å². The van der Waals surface area contributed by atoms with Crippen LogP contribution in [0.15, 0.2) is 42.7 Å². The average Bonchev–Trinajstić information content (AvgIpc) is 3.30. The van der Waals surface area contributed by atoms with Crippen LogP contribution in [0.4, 0.5) is 0 Å². The Morgan fingerprint density at radius 3 is 2.63 bits per heavy atom. The van der Waals surface area contributed by atoms with Gasteiger partial charge in [0.05, 0.1) is 5.56 Å². The second-order valence-electron chi connectivity index (χ2n) is 4.93. The van der Waals surface area contributed by atoms with E-state index in [1.807, 2.05) is 6.07 Å². The number of nitrogens with zero attached hydrogens (tertiary/aromatic N) is 2. The van der Waals surface area contributed by atoms with Gasteiger partial charge in [-0.2, -0.15) is 5.26 Å². The lowest BCUT2D eigenvalue weighted by atomic mass is 10.0. The number of rotatable bonds is 4. The lowest BCUT2D eigenvalue weighted by molar-refractivity contribution is 0.688. The second kappa shape index (κ2) is 5.21. The van der Waals surface area contributed by atoms with Crippen molar-refractivity contribution in [3.8, 4) is 17.2 Å². The molecule has 0 atom stereocenters. The van der Waals surface area contributed by atoms with Gasteiger partial charge in [-0.3, -0.25) is 4.98 Å². The summed E-state index contributed by atoms with van der Waals surface area (Å²) in [5, 5.41) is 12.4. The Hall–Kier alpha value is -2.18. The van der Waals surface area contributed by atoms with Gasteiger partial charge >= 0.3 is 0 Å². The Kier molecular flexibility index (Phi) is 3.26. The van der Waals surface area contributed by atoms with E-state index in [0.29, 0.717) is 5.56 Å². The molecule has 1 fully saturated rings. The molecule has 1 aliphatic carbocycles. The molecule has 1 heterocycles. The Labute approximate surface area is 112 Å². The molecule has 0 bridgehead atoms. The van der Waals surface area contributed by atoms with Gasteiger partial charge in [0.1, 0.15) is 6.07 Å². The third-order valence-corrected chi connectivity index (χ3v) is 3.33. The van der Waals surface area contributed by atoms with E-state index in [1.54, 1.807) is 12.4 Å². The van der Waals surface area contributed by atoms with E-state index < -0.39 is 0 Å². The molecular formula is C16H15N3. The first kappa shape index (κ1) is 11.9. The lowest BCUT2D eigenvalue weighted by Gasteiger charge is -2.05. The highest BCUT2D eigenvalue weighted by molar-refractivity contribution is 5.64. The summed E-state index contributed by atoms with van der Waals surface area (Å²) in [6.45, 7) is 0.932. The molecule has 0 amide bonds. The molecule has 0 saturated heterocycles. The van der Waals surface area contributed by atoms with Crippen molar-refractivity contribution in [1.29, 1.82) is 5.26 Å². The van der Waals surface area contributed by atoms with E-state index in [2.05, 4.69) is 40.6 Å². The van der Waals surface area contributed by atoms with Gasteiger partial charge in [0.2, 0.25) is 0 Å². The maximum Gasteiger partial charge on any atom is 0.101 e. The molecule has 1 saturated carbocycles. The molecule has 1 N–H and O–H groups in total. The molecule has 0 aliphatic heterocycles. The number of nitriles is 1. The van der Waals surface area contributed by atoms with Gasteiger partial charge in [0, 0.05) is 30.5 Å². The van der Waals surface area contributed by atoms with Crippen LogP contribution < -0.4 is 5.32 Å². The topological polar surface area (TPSA) is 48.7 Å². The normalized spacial score (nSPS) is 14.1. The standard InChI is InChI=1S/C16H15N3/c17-8-13-7-15(11-18-9-13)14-3-1-12(2-4-14)10-19-16-5-6-16/h1-4,7,9,11,16,19H,5-6,10H2. The Morgan fingerprint density at radius 1 is 1.16 bits per heavy atom. The van der Waals surface area contributed by atoms with Crippen molar-refractivity contribution in [2.24, 2.45) is 0 Å². The molecule has 3 heteroatoms. The van der Waals surface area contributed by atoms with Crippen molar-refractivity contribution in [2.45, 2.75) is 25.4 Å². The molecular weight excluding hydrogens is 234 g/mol. The smallest absolute Gasteiger partial charge is 0.101 e. The van der Waals surface area contributed by atoms with Gasteiger partial charge in [0.15, 0.2) is 0 Å². The van der Waals surface area contributed by atoms with Crippen molar-refractivity contribution in [1.82, 2.24) is 10.3 Å². The van der Waals surface area contributed by atoms with Crippen molar-refractivity contribution >= 4 is 0 Å². The highest BCUT2D eigenvalue weighted by Gasteiger charge is 2.19. The fourth-order valence-corrected chi connectivity index (χ4v) is 2.02. The Balaban J connectivity index is 1.75. The fourth-order valence-electron chi connectivity index (χ4n) is 2.02. The number of hydrogen-bond donors (Lipinski definition) is 1. The monoisotopic (exact) mass is 249 g/mol. The average molecular weight is 249 g/mol. The molecule has 2 aromatic rings. The largest absolute Gasteiger partial charge is 0.310 e. The van der Waals surface area contributed by atoms with E-state index in [-0.39, 0.29) is 0 Å². The zero-order chi connectivity index (χ0) is 13.1. The van der Waals surface area contributed by atoms with Crippen LogP contribution in [-0.2, 0) is 6.54 Å². The van der Waals surface area contributed by atoms with Crippen LogP contribution in [0.2, 0.25) is 0 Å². The summed E-state index contributed by atoms with van der Waals surface area (Å²) < 4.78 is 0. The van der Waals surface area contributed by atoms with E-state index in [1.165, 1.54) is 18.4 Å². The van der Waals surface area contributed by atoms with Gasteiger partial charge in [-0.25, -0.2) is 0 Å². The molecule has 0 spiro atoms. The second-order valence-corrected chi connectivity index (χ2v) is 4.93. The van der Waals surface area contributed by atoms with E-state index in [9.17, 15) is 0 Å². The Bertz CT molecular complexity index is 607. The van der Waals surface area contributed by atoms with Crippen LogP contribution in [-0.4, -0.2) is 11.0 Å². The zero-order valence-electron chi connectivity index (χ0n) is 10.6. The van der Waals surface area contributed by atoms with E-state index in [0.717, 1.165) is 23.7 Å². The number of aromatic nitrogens is 1. The Morgan fingerprint density at radius 2 is 1.95 bits per heavy atom. The van der Waals surface area contributed by atoms with Gasteiger partial charge in [0.25, 0.3) is 0 Å². The first-order chi connectivity index (χ1) is 9.35. The van der Waals surface area contributed by atoms with Crippen molar-refractivity contribution < 1.29 is 0 Å². The summed E-state index contributed by atoms with van der Waals surface area (Å²) >= 11 is 0. The number of pyridine rings is 1. The molecule has 0 radical (unpaired) electrons. The third kappa shape index (κ3) is 2.98. The van der Waals surface area contributed by atoms with Crippen LogP contribution in [0.1, 0.15) is 24.0 Å². The highest BCUT2D eigenvalue weighted by Crippen LogP contribution is 2.21. The first-order valence-corrected chi connectivity index (χ1v) is 6.53. The predicted octanol–water partition coefficient (Wildman–Crippen LogP) is 2.87. The number of nitrogens with one attached hydrogen (secondary N) is 1. The maximum absolute atomic E-state index is 8.88. The number of hydrogen-bond acceptors (Lipinski definition) is 3. The molecule has 94 valence electrons. The quantitative estimate of drug-likeness (QED) is 0.906. The minimum atomic E-state index is 0.594. The summed E-state index contributed by atoms with van der Waals surface area (Å²) in [6.07, 6.45) is 5.99. The van der Waals surface area contributed by atoms with Gasteiger partial charge in [-0.1, -0.05) is 24.3 Å². The van der Waals surface area contributed by atoms with Crippen LogP contribution >= 0.6 is 0 Å². The van der Waals surface area contributed by atoms with Crippen molar-refractivity contribution in [3.63, 3.8) is 0 Å². The van der Waals surface area contributed by atoms with E-state index in [4.69, 9.17) is 5.26 Å². The molecule has 1 aromatic carbocycles. The molecule has 0 unspecified atom stereocenters. The van der Waals surface area contributed by atoms with Gasteiger partial charge in [-0.05, 0) is 30.0 Å². The summed E-state index contributed by atoms with van der Waals surface area (Å²) in [6, 6.07) is 13.1. The molecule has 1 aromatic heterocycles. The lowest BCUT2D eigenvalue weighted by Crippen LogP contribution is -2.14. The maximum atomic E-state index is 8.88. The van der Waals surface area contributed by atoms with Crippen LogP contribution in [0, 0.1) is 11.3 Å². The predicted molar refractivity (Wildman–Crippen MR) is 74.2 cm³/mol. The molecule has 3 rings (SSSR count). The zero-order valence-corrected chi connectivity index (χ0v) is 10.6. The van der Waals surface area contributed by atoms with Crippen LogP contribution in [0.3, 0.4) is 0 Å². The first-order valence-electron chi connectivity index (χ1n) is 6.53. The minimum Gasteiger partial charge on any atom is -0.310 e. The van der Waals surface area contributed by atoms with Crippen molar-refractivity contribution in [2.75, 3.05) is 0 Å². The fraction of sp³-hybridized carbons (Fsp3) is 0.250. The SMILES string of the molecule is N#Cc1cncc(-c2ccc(CNC3CC3)cc2)c1. The van der Waals surface area contributed by atoms with Crippen molar-refractivity contribution in [3.05, 3.63) is 53.9 Å². The summed E-state index contributed by atoms with van der Waals surface area (Å²) in [5.74, 6) is 0. The highest BCUT2D eigenvalue weighted by atomic mass is 14.9. The molecule has 1 aliphatic rings. The molecule has 19 heavy (non-hydrogen) atoms. The van der Waals surface area contributed by atoms with Gasteiger partial charge < -0.3 is 5.32 Å². The van der Waals surface area contributed by atoms with Gasteiger partial charge in [-0.15, -0.1) is 0 Å². The summed E-state index contributed by atoms with van der Waals surface area (Å²) in [4.78, 5) is 4.09. The van der Waals surface area contributed by atoms with Crippen LogP contribution in [0.25, 0.3) is 11.1 Å². The number of benzene rings is 1. The minimum absolute atomic E-state index is 0.594. The summed E-state index contributed by atoms with van der Waals surface area (Å²) in [7, 11) is 0. The third-order valence-electron chi connectivity index (χ3n) is 3.33. The summed E-state index contributed by atoms with van der Waals surface area (Å²) in [5.41, 5.74) is 3.97. The molecule has 3 nitrogen and oxygen atoms in total.